The van der Waals surface area contributed by atoms with Gasteiger partial charge in [-0.1, -0.05) is 176 Å². The number of anilines is 2. The van der Waals surface area contributed by atoms with Crippen molar-refractivity contribution in [3.8, 4) is 56.4 Å². The van der Waals surface area contributed by atoms with Crippen molar-refractivity contribution < 1.29 is 0 Å². The molecule has 0 saturated heterocycles. The molecule has 4 nitrogen and oxygen atoms in total. The number of thiophene rings is 1. The number of fused-ring (bicyclic) bond motifs is 7. The number of rotatable bonds is 7. The van der Waals surface area contributed by atoms with E-state index in [1.807, 2.05) is 72.0 Å². The van der Waals surface area contributed by atoms with Crippen LogP contribution in [0.1, 0.15) is 17.0 Å². The van der Waals surface area contributed by atoms with Crippen molar-refractivity contribution in [1.82, 2.24) is 15.0 Å². The normalized spacial score (nSPS) is 15.4. The van der Waals surface area contributed by atoms with Gasteiger partial charge in [-0.25, -0.2) is 15.0 Å². The lowest BCUT2D eigenvalue weighted by Gasteiger charge is -2.30. The summed E-state index contributed by atoms with van der Waals surface area (Å²) in [4.78, 5) is 17.6. The van der Waals surface area contributed by atoms with E-state index in [1.54, 1.807) is 0 Å². The summed E-state index contributed by atoms with van der Waals surface area (Å²) in [6.07, 6.45) is 7.24. The first-order chi connectivity index (χ1) is 30.7. The highest BCUT2D eigenvalue weighted by Crippen LogP contribution is 2.56. The van der Waals surface area contributed by atoms with Crippen LogP contribution in [0.5, 0.6) is 0 Å². The van der Waals surface area contributed by atoms with Crippen molar-refractivity contribution in [2.24, 2.45) is 0 Å². The third-order valence-corrected chi connectivity index (χ3v) is 13.5. The van der Waals surface area contributed by atoms with Crippen LogP contribution in [-0.4, -0.2) is 21.0 Å². The molecule has 2 aliphatic rings. The first-order valence-corrected chi connectivity index (χ1v) is 21.9. The molecule has 62 heavy (non-hydrogen) atoms. The fraction of sp³-hybridized carbons (Fsp3) is 0.0351. The summed E-state index contributed by atoms with van der Waals surface area (Å²) in [6.45, 7) is 0. The average molecular weight is 811 g/mol. The number of hydrogen-bond donors (Lipinski definition) is 0. The van der Waals surface area contributed by atoms with E-state index in [9.17, 15) is 0 Å². The van der Waals surface area contributed by atoms with Crippen LogP contribution in [0, 0.1) is 0 Å². The monoisotopic (exact) mass is 810 g/mol. The Balaban J connectivity index is 1.05. The average Bonchev–Trinajstić information content (AvgIpc) is 3.90. The van der Waals surface area contributed by atoms with Crippen molar-refractivity contribution in [2.75, 3.05) is 4.90 Å². The molecule has 0 saturated carbocycles. The number of allylic oxidation sites excluding steroid dienone is 2. The van der Waals surface area contributed by atoms with E-state index < -0.39 is 0 Å². The molecule has 1 aliphatic carbocycles. The minimum atomic E-state index is 0.0779. The molecule has 0 spiro atoms. The highest BCUT2D eigenvalue weighted by molar-refractivity contribution is 7.26. The van der Waals surface area contributed by atoms with E-state index in [-0.39, 0.29) is 12.0 Å². The summed E-state index contributed by atoms with van der Waals surface area (Å²) in [5, 5.41) is 2.62. The van der Waals surface area contributed by atoms with Gasteiger partial charge in [-0.3, -0.25) is 0 Å². The first kappa shape index (κ1) is 36.1. The highest BCUT2D eigenvalue weighted by atomic mass is 32.1. The van der Waals surface area contributed by atoms with Crippen LogP contribution in [0.3, 0.4) is 0 Å². The Labute approximate surface area is 364 Å². The van der Waals surface area contributed by atoms with Gasteiger partial charge in [-0.05, 0) is 75.9 Å². The maximum atomic E-state index is 5.04. The summed E-state index contributed by atoms with van der Waals surface area (Å²) in [5.41, 5.74) is 14.0. The zero-order valence-corrected chi connectivity index (χ0v) is 34.5. The van der Waals surface area contributed by atoms with Gasteiger partial charge in [-0.15, -0.1) is 11.3 Å². The molecule has 12 rings (SSSR count). The standard InChI is InChI=1S/C57H38N4S/c1-6-16-37(17-7-1)43-28-32-49-47(34-43)53-50(36-46(39-20-10-3-11-21-39)52-48-35-44(38-18-8-2-9-19-38)29-33-51(48)62-54(52)53)61(49)45-30-26-42(27-31-45)57-59-55(40-22-12-4-13-23-40)58-56(60-57)41-24-14-5-15-25-41/h1-36,47,49H. The fourth-order valence-corrected chi connectivity index (χ4v) is 10.6. The molecule has 0 amide bonds. The van der Waals surface area contributed by atoms with E-state index >= 15 is 0 Å². The Morgan fingerprint density at radius 1 is 0.452 bits per heavy atom. The number of nitrogens with zero attached hydrogens (tertiary/aromatic N) is 4. The molecular weight excluding hydrogens is 773 g/mol. The van der Waals surface area contributed by atoms with Gasteiger partial charge in [0.2, 0.25) is 0 Å². The summed E-state index contributed by atoms with van der Waals surface area (Å²) in [6, 6.07) is 71.1. The molecule has 292 valence electrons. The molecule has 0 fully saturated rings. The Hall–Kier alpha value is -7.73. The lowest BCUT2D eigenvalue weighted by Crippen LogP contribution is -2.28. The van der Waals surface area contributed by atoms with Crippen molar-refractivity contribution in [1.29, 1.82) is 0 Å². The zero-order chi connectivity index (χ0) is 41.0. The maximum Gasteiger partial charge on any atom is 0.164 e. The van der Waals surface area contributed by atoms with Crippen molar-refractivity contribution in [3.05, 3.63) is 230 Å². The van der Waals surface area contributed by atoms with E-state index in [0.717, 1.165) is 22.4 Å². The van der Waals surface area contributed by atoms with Gasteiger partial charge in [-0.2, -0.15) is 0 Å². The second-order valence-corrected chi connectivity index (χ2v) is 17.0. The molecule has 2 unspecified atom stereocenters. The minimum absolute atomic E-state index is 0.0779. The van der Waals surface area contributed by atoms with Crippen LogP contribution in [0.15, 0.2) is 218 Å². The van der Waals surface area contributed by atoms with Crippen LogP contribution in [-0.2, 0) is 0 Å². The van der Waals surface area contributed by atoms with Crippen LogP contribution < -0.4 is 4.90 Å². The largest absolute Gasteiger partial charge is 0.333 e. The van der Waals surface area contributed by atoms with Crippen LogP contribution in [0.2, 0.25) is 0 Å². The van der Waals surface area contributed by atoms with Crippen LogP contribution in [0.25, 0.3) is 82.2 Å². The fourth-order valence-electron chi connectivity index (χ4n) is 9.31. The van der Waals surface area contributed by atoms with Crippen LogP contribution in [0.4, 0.5) is 11.4 Å². The molecule has 2 atom stereocenters. The quantitative estimate of drug-likeness (QED) is 0.161. The predicted molar refractivity (Wildman–Crippen MR) is 259 cm³/mol. The van der Waals surface area contributed by atoms with Gasteiger partial charge in [0.1, 0.15) is 0 Å². The molecule has 0 N–H and O–H groups in total. The van der Waals surface area contributed by atoms with Crippen LogP contribution >= 0.6 is 11.3 Å². The van der Waals surface area contributed by atoms with Crippen molar-refractivity contribution in [3.63, 3.8) is 0 Å². The third kappa shape index (κ3) is 6.25. The second-order valence-electron chi connectivity index (χ2n) is 15.9. The van der Waals surface area contributed by atoms with Gasteiger partial charge < -0.3 is 4.90 Å². The van der Waals surface area contributed by atoms with Crippen molar-refractivity contribution >= 4 is 48.5 Å². The predicted octanol–water partition coefficient (Wildman–Crippen LogP) is 14.8. The Kier molecular flexibility index (Phi) is 8.79. The van der Waals surface area contributed by atoms with E-state index in [0.29, 0.717) is 17.5 Å². The lowest BCUT2D eigenvalue weighted by molar-refractivity contribution is 0.750. The molecule has 3 heterocycles. The van der Waals surface area contributed by atoms with E-state index in [4.69, 9.17) is 15.0 Å². The Morgan fingerprint density at radius 2 is 0.952 bits per heavy atom. The lowest BCUT2D eigenvalue weighted by atomic mass is 9.85. The summed E-state index contributed by atoms with van der Waals surface area (Å²) in [7, 11) is 0. The topological polar surface area (TPSA) is 41.9 Å². The summed E-state index contributed by atoms with van der Waals surface area (Å²) < 4.78 is 2.65. The first-order valence-electron chi connectivity index (χ1n) is 21.1. The number of benzene rings is 8. The summed E-state index contributed by atoms with van der Waals surface area (Å²) in [5.74, 6) is 2.08. The number of aromatic nitrogens is 3. The van der Waals surface area contributed by atoms with Gasteiger partial charge in [0.15, 0.2) is 17.5 Å². The second kappa shape index (κ2) is 15.1. The van der Waals surface area contributed by atoms with Gasteiger partial charge in [0.25, 0.3) is 0 Å². The molecule has 1 aliphatic heterocycles. The highest BCUT2D eigenvalue weighted by Gasteiger charge is 2.41. The number of hydrogen-bond acceptors (Lipinski definition) is 5. The molecule has 8 aromatic carbocycles. The third-order valence-electron chi connectivity index (χ3n) is 12.3. The molecule has 0 bridgehead atoms. The van der Waals surface area contributed by atoms with Crippen molar-refractivity contribution in [2.45, 2.75) is 12.0 Å². The molecule has 0 radical (unpaired) electrons. The van der Waals surface area contributed by atoms with Gasteiger partial charge in [0.05, 0.1) is 6.04 Å². The Morgan fingerprint density at radius 3 is 1.53 bits per heavy atom. The minimum Gasteiger partial charge on any atom is -0.333 e. The zero-order valence-electron chi connectivity index (χ0n) is 33.6. The maximum absolute atomic E-state index is 5.04. The molecule has 10 aromatic rings. The van der Waals surface area contributed by atoms with Gasteiger partial charge in [0, 0.05) is 59.7 Å². The molecule has 2 aromatic heterocycles. The molecule has 5 heteroatoms. The SMILES string of the molecule is C1=CC2C(C=C1c1ccccc1)c1c(cc(-c3ccccc3)c3c1sc1ccc(-c4ccccc4)cc13)N2c1ccc(-c2nc(-c3ccccc3)nc(-c3ccccc3)n2)cc1. The Bertz CT molecular complexity index is 3270. The smallest absolute Gasteiger partial charge is 0.164 e. The van der Waals surface area contributed by atoms with Gasteiger partial charge >= 0.3 is 0 Å². The van der Waals surface area contributed by atoms with E-state index in [2.05, 4.69) is 163 Å². The molecular formula is C57H38N4S. The summed E-state index contributed by atoms with van der Waals surface area (Å²) >= 11 is 1.93. The van der Waals surface area contributed by atoms with E-state index in [1.165, 1.54) is 64.8 Å².